The second-order valence-electron chi connectivity index (χ2n) is 8.22. The van der Waals surface area contributed by atoms with Gasteiger partial charge >= 0.3 is 0 Å². The minimum Gasteiger partial charge on any atom is -0.350 e. The quantitative estimate of drug-likeness (QED) is 0.889. The molecule has 1 aromatic heterocycles. The maximum Gasteiger partial charge on any atom is 0.243 e. The smallest absolute Gasteiger partial charge is 0.243 e. The first kappa shape index (κ1) is 19.5. The SMILES string of the molecule is CC(C)c1nccn1CCC(=O)N1CCCC[C@H]1C(=O)NC(C)(C)C. The van der Waals surface area contributed by atoms with Crippen molar-refractivity contribution in [2.75, 3.05) is 6.54 Å². The van der Waals surface area contributed by atoms with Gasteiger partial charge in [-0.15, -0.1) is 0 Å². The van der Waals surface area contributed by atoms with E-state index in [0.29, 0.717) is 25.4 Å². The molecule has 1 aliphatic rings. The standard InChI is InChI=1S/C19H32N4O2/c1-14(2)17-20-10-13-22(17)12-9-16(24)23-11-7-6-8-15(23)18(25)21-19(3,4)5/h10,13-15H,6-9,11-12H2,1-5H3,(H,21,25)/t15-/m0/s1. The number of aromatic nitrogens is 2. The molecule has 0 aliphatic carbocycles. The van der Waals surface area contributed by atoms with Gasteiger partial charge in [-0.25, -0.2) is 4.98 Å². The molecule has 2 amide bonds. The molecule has 1 N–H and O–H groups in total. The number of nitrogens with one attached hydrogen (secondary N) is 1. The van der Waals surface area contributed by atoms with E-state index >= 15 is 0 Å². The molecule has 1 aromatic rings. The average Bonchev–Trinajstić information content (AvgIpc) is 2.99. The Morgan fingerprint density at radius 1 is 1.32 bits per heavy atom. The van der Waals surface area contributed by atoms with Gasteiger partial charge in [0.2, 0.25) is 11.8 Å². The Bertz CT molecular complexity index is 601. The number of nitrogens with zero attached hydrogens (tertiary/aromatic N) is 3. The summed E-state index contributed by atoms with van der Waals surface area (Å²) in [7, 11) is 0. The van der Waals surface area contributed by atoms with Crippen LogP contribution in [0, 0.1) is 0 Å². The van der Waals surface area contributed by atoms with Crippen LogP contribution in [0.15, 0.2) is 12.4 Å². The van der Waals surface area contributed by atoms with Gasteiger partial charge in [-0.2, -0.15) is 0 Å². The van der Waals surface area contributed by atoms with Crippen molar-refractivity contribution < 1.29 is 9.59 Å². The number of carbonyl (C=O) groups is 2. The van der Waals surface area contributed by atoms with E-state index in [4.69, 9.17) is 0 Å². The van der Waals surface area contributed by atoms with Crippen molar-refractivity contribution in [2.24, 2.45) is 0 Å². The van der Waals surface area contributed by atoms with Gasteiger partial charge in [0, 0.05) is 43.4 Å². The molecule has 0 bridgehead atoms. The zero-order valence-corrected chi connectivity index (χ0v) is 16.2. The van der Waals surface area contributed by atoms with E-state index in [2.05, 4.69) is 24.1 Å². The van der Waals surface area contributed by atoms with E-state index in [1.54, 1.807) is 11.1 Å². The molecule has 0 unspecified atom stereocenters. The summed E-state index contributed by atoms with van der Waals surface area (Å²) >= 11 is 0. The zero-order chi connectivity index (χ0) is 18.6. The van der Waals surface area contributed by atoms with Crippen LogP contribution in [0.2, 0.25) is 0 Å². The summed E-state index contributed by atoms with van der Waals surface area (Å²) in [5.41, 5.74) is -0.285. The third-order valence-corrected chi connectivity index (χ3v) is 4.45. The summed E-state index contributed by atoms with van der Waals surface area (Å²) in [6, 6.07) is -0.340. The number of piperidine rings is 1. The van der Waals surface area contributed by atoms with Crippen LogP contribution in [0.3, 0.4) is 0 Å². The number of carbonyl (C=O) groups excluding carboxylic acids is 2. The van der Waals surface area contributed by atoms with Crippen molar-refractivity contribution in [1.29, 1.82) is 0 Å². The van der Waals surface area contributed by atoms with Crippen LogP contribution in [-0.4, -0.2) is 44.4 Å². The van der Waals surface area contributed by atoms with E-state index in [1.165, 1.54) is 0 Å². The molecule has 0 spiro atoms. The van der Waals surface area contributed by atoms with Gasteiger partial charge in [0.15, 0.2) is 0 Å². The first-order valence-electron chi connectivity index (χ1n) is 9.31. The first-order valence-corrected chi connectivity index (χ1v) is 9.31. The van der Waals surface area contributed by atoms with Gasteiger partial charge in [-0.05, 0) is 40.0 Å². The predicted molar refractivity (Wildman–Crippen MR) is 98.2 cm³/mol. The van der Waals surface area contributed by atoms with Crippen molar-refractivity contribution in [3.8, 4) is 0 Å². The van der Waals surface area contributed by atoms with Crippen molar-refractivity contribution in [3.63, 3.8) is 0 Å². The molecule has 1 fully saturated rings. The lowest BCUT2D eigenvalue weighted by Gasteiger charge is -2.36. The Hall–Kier alpha value is -1.85. The average molecular weight is 348 g/mol. The van der Waals surface area contributed by atoms with E-state index in [1.807, 2.05) is 31.5 Å². The largest absolute Gasteiger partial charge is 0.350 e. The molecule has 2 heterocycles. The Morgan fingerprint density at radius 2 is 2.04 bits per heavy atom. The van der Waals surface area contributed by atoms with Gasteiger partial charge in [0.25, 0.3) is 0 Å². The van der Waals surface area contributed by atoms with E-state index in [-0.39, 0.29) is 23.4 Å². The second kappa shape index (κ2) is 8.02. The fourth-order valence-electron chi connectivity index (χ4n) is 3.33. The summed E-state index contributed by atoms with van der Waals surface area (Å²) in [5.74, 6) is 1.34. The first-order chi connectivity index (χ1) is 11.7. The van der Waals surface area contributed by atoms with E-state index < -0.39 is 0 Å². The van der Waals surface area contributed by atoms with Crippen LogP contribution in [0.4, 0.5) is 0 Å². The highest BCUT2D eigenvalue weighted by Gasteiger charge is 2.33. The van der Waals surface area contributed by atoms with Gasteiger partial charge < -0.3 is 14.8 Å². The summed E-state index contributed by atoms with van der Waals surface area (Å²) in [6.07, 6.45) is 6.80. The molecular weight excluding hydrogens is 316 g/mol. The van der Waals surface area contributed by atoms with Crippen LogP contribution in [0.1, 0.15) is 72.0 Å². The van der Waals surface area contributed by atoms with E-state index in [9.17, 15) is 9.59 Å². The fraction of sp³-hybridized carbons (Fsp3) is 0.737. The maximum absolute atomic E-state index is 12.8. The second-order valence-corrected chi connectivity index (χ2v) is 8.22. The summed E-state index contributed by atoms with van der Waals surface area (Å²) < 4.78 is 2.04. The molecule has 0 aromatic carbocycles. The molecule has 0 saturated carbocycles. The number of hydrogen-bond donors (Lipinski definition) is 1. The molecule has 1 aliphatic heterocycles. The number of rotatable bonds is 5. The molecule has 6 heteroatoms. The monoisotopic (exact) mass is 348 g/mol. The molecule has 2 rings (SSSR count). The third kappa shape index (κ3) is 5.31. The van der Waals surface area contributed by atoms with Gasteiger partial charge in [-0.3, -0.25) is 9.59 Å². The van der Waals surface area contributed by atoms with Gasteiger partial charge in [0.05, 0.1) is 0 Å². The van der Waals surface area contributed by atoms with E-state index in [0.717, 1.165) is 25.1 Å². The number of likely N-dealkylation sites (tertiary alicyclic amines) is 1. The van der Waals surface area contributed by atoms with Crippen LogP contribution in [0.25, 0.3) is 0 Å². The summed E-state index contributed by atoms with van der Waals surface area (Å²) in [6.45, 7) is 11.4. The maximum atomic E-state index is 12.8. The van der Waals surface area contributed by atoms with Crippen molar-refractivity contribution in [3.05, 3.63) is 18.2 Å². The molecule has 25 heavy (non-hydrogen) atoms. The van der Waals surface area contributed by atoms with Crippen LogP contribution in [0.5, 0.6) is 0 Å². The minimum atomic E-state index is -0.340. The van der Waals surface area contributed by atoms with Crippen molar-refractivity contribution in [1.82, 2.24) is 19.8 Å². The fourth-order valence-corrected chi connectivity index (χ4v) is 3.33. The van der Waals surface area contributed by atoms with Crippen LogP contribution >= 0.6 is 0 Å². The molecule has 1 saturated heterocycles. The summed E-state index contributed by atoms with van der Waals surface area (Å²) in [5, 5.41) is 3.02. The number of aryl methyl sites for hydroxylation is 1. The predicted octanol–water partition coefficient (Wildman–Crippen LogP) is 2.69. The lowest BCUT2D eigenvalue weighted by atomic mass is 9.99. The lowest BCUT2D eigenvalue weighted by Crippen LogP contribution is -2.55. The van der Waals surface area contributed by atoms with Crippen molar-refractivity contribution >= 4 is 11.8 Å². The highest BCUT2D eigenvalue weighted by atomic mass is 16.2. The molecule has 140 valence electrons. The summed E-state index contributed by atoms with van der Waals surface area (Å²) in [4.78, 5) is 31.5. The molecule has 6 nitrogen and oxygen atoms in total. The molecular formula is C19H32N4O2. The third-order valence-electron chi connectivity index (χ3n) is 4.45. The normalized spacial score (nSPS) is 18.5. The zero-order valence-electron chi connectivity index (χ0n) is 16.2. The Kier molecular flexibility index (Phi) is 6.25. The molecule has 0 radical (unpaired) electrons. The minimum absolute atomic E-state index is 0.0361. The Morgan fingerprint density at radius 3 is 2.68 bits per heavy atom. The lowest BCUT2D eigenvalue weighted by molar-refractivity contribution is -0.143. The van der Waals surface area contributed by atoms with Gasteiger partial charge in [0.1, 0.15) is 11.9 Å². The Balaban J connectivity index is 2.00. The van der Waals surface area contributed by atoms with Gasteiger partial charge in [-0.1, -0.05) is 13.8 Å². The Labute approximate surface area is 151 Å². The van der Waals surface area contributed by atoms with Crippen LogP contribution < -0.4 is 5.32 Å². The number of imidazole rings is 1. The molecule has 1 atom stereocenters. The number of hydrogen-bond acceptors (Lipinski definition) is 3. The number of amides is 2. The highest BCUT2D eigenvalue weighted by molar-refractivity contribution is 5.88. The van der Waals surface area contributed by atoms with Crippen LogP contribution in [-0.2, 0) is 16.1 Å². The highest BCUT2D eigenvalue weighted by Crippen LogP contribution is 2.20. The topological polar surface area (TPSA) is 67.2 Å². The van der Waals surface area contributed by atoms with Crippen molar-refractivity contribution in [2.45, 2.75) is 84.3 Å².